The van der Waals surface area contributed by atoms with Crippen molar-refractivity contribution in [3.05, 3.63) is 76.6 Å². The van der Waals surface area contributed by atoms with Crippen molar-refractivity contribution in [1.82, 2.24) is 9.97 Å². The average Bonchev–Trinajstić information content (AvgIpc) is 2.87. The first-order valence-corrected chi connectivity index (χ1v) is 13.0. The number of aryl methyl sites for hydroxylation is 3. The van der Waals surface area contributed by atoms with Crippen LogP contribution in [0.5, 0.6) is 0 Å². The molecule has 1 heterocycles. The molecule has 178 valence electrons. The number of rotatable bonds is 5. The van der Waals surface area contributed by atoms with Crippen LogP contribution in [-0.4, -0.2) is 15.9 Å². The number of carbonyl (C=O) groups excluding carboxylic acids is 1. The van der Waals surface area contributed by atoms with Gasteiger partial charge in [-0.3, -0.25) is 4.79 Å². The lowest BCUT2D eigenvalue weighted by Gasteiger charge is -2.24. The summed E-state index contributed by atoms with van der Waals surface area (Å²) in [6, 6.07) is 16.7. The third kappa shape index (κ3) is 5.72. The summed E-state index contributed by atoms with van der Waals surface area (Å²) in [6.45, 7) is 6.06. The molecular weight excluding hydrogens is 418 g/mol. The van der Waals surface area contributed by atoms with Crippen molar-refractivity contribution in [3.63, 3.8) is 0 Å². The van der Waals surface area contributed by atoms with Gasteiger partial charge in [0.15, 0.2) is 5.82 Å². The second-order valence-electron chi connectivity index (χ2n) is 9.39. The predicted molar refractivity (Wildman–Crippen MR) is 140 cm³/mol. The first kappa shape index (κ1) is 24.1. The van der Waals surface area contributed by atoms with Gasteiger partial charge < -0.3 is 5.32 Å². The van der Waals surface area contributed by atoms with Crippen molar-refractivity contribution in [2.24, 2.45) is 5.92 Å². The molecule has 1 fully saturated rings. The van der Waals surface area contributed by atoms with E-state index in [-0.39, 0.29) is 5.91 Å². The van der Waals surface area contributed by atoms with Crippen LogP contribution < -0.4 is 5.32 Å². The Labute approximate surface area is 204 Å². The van der Waals surface area contributed by atoms with Crippen LogP contribution in [-0.2, 0) is 30.5 Å². The summed E-state index contributed by atoms with van der Waals surface area (Å²) in [4.78, 5) is 23.0. The molecule has 0 atom stereocenters. The SMILES string of the molecule is CC.Cc1ccc(CC(=O)Nc2nc3c(nc2CC2CCCCC2)-c2ccccc2CC3)cc1. The van der Waals surface area contributed by atoms with Crippen molar-refractivity contribution in [3.8, 4) is 11.3 Å². The lowest BCUT2D eigenvalue weighted by molar-refractivity contribution is -0.115. The van der Waals surface area contributed by atoms with Crippen molar-refractivity contribution in [2.45, 2.75) is 78.6 Å². The number of aromatic nitrogens is 2. The van der Waals surface area contributed by atoms with Crippen LogP contribution in [0, 0.1) is 12.8 Å². The summed E-state index contributed by atoms with van der Waals surface area (Å²) < 4.78 is 0. The Hall–Kier alpha value is -3.01. The van der Waals surface area contributed by atoms with E-state index in [2.05, 4.69) is 36.5 Å². The Morgan fingerprint density at radius 3 is 2.44 bits per heavy atom. The fraction of sp³-hybridized carbons (Fsp3) is 0.433. The second kappa shape index (κ2) is 11.4. The van der Waals surface area contributed by atoms with Gasteiger partial charge in [-0.2, -0.15) is 0 Å². The maximum absolute atomic E-state index is 12.9. The maximum Gasteiger partial charge on any atom is 0.229 e. The average molecular weight is 456 g/mol. The molecular formula is C30H37N3O. The van der Waals surface area contributed by atoms with Gasteiger partial charge >= 0.3 is 0 Å². The maximum atomic E-state index is 12.9. The van der Waals surface area contributed by atoms with Crippen molar-refractivity contribution in [1.29, 1.82) is 0 Å². The van der Waals surface area contributed by atoms with E-state index in [4.69, 9.17) is 9.97 Å². The number of nitrogens with zero attached hydrogens (tertiary/aromatic N) is 2. The lowest BCUT2D eigenvalue weighted by Crippen LogP contribution is -2.21. The van der Waals surface area contributed by atoms with E-state index in [0.29, 0.717) is 18.2 Å². The molecule has 2 aromatic carbocycles. The fourth-order valence-corrected chi connectivity index (χ4v) is 5.09. The summed E-state index contributed by atoms with van der Waals surface area (Å²) >= 11 is 0. The molecule has 1 saturated carbocycles. The molecule has 5 rings (SSSR count). The Morgan fingerprint density at radius 2 is 1.68 bits per heavy atom. The molecule has 4 heteroatoms. The Morgan fingerprint density at radius 1 is 0.941 bits per heavy atom. The first-order chi connectivity index (χ1) is 16.7. The minimum Gasteiger partial charge on any atom is -0.309 e. The minimum absolute atomic E-state index is 0.0239. The van der Waals surface area contributed by atoms with Crippen LogP contribution in [0.25, 0.3) is 11.3 Å². The van der Waals surface area contributed by atoms with Gasteiger partial charge in [0.1, 0.15) is 0 Å². The summed E-state index contributed by atoms with van der Waals surface area (Å²) in [5, 5.41) is 3.12. The minimum atomic E-state index is -0.0239. The Bertz CT molecular complexity index is 1110. The molecule has 34 heavy (non-hydrogen) atoms. The monoisotopic (exact) mass is 455 g/mol. The molecule has 3 aromatic rings. The molecule has 0 radical (unpaired) electrons. The molecule has 2 aliphatic carbocycles. The highest BCUT2D eigenvalue weighted by Crippen LogP contribution is 2.34. The van der Waals surface area contributed by atoms with Crippen LogP contribution >= 0.6 is 0 Å². The van der Waals surface area contributed by atoms with Gasteiger partial charge in [-0.25, -0.2) is 9.97 Å². The van der Waals surface area contributed by atoms with Crippen LogP contribution in [0.1, 0.15) is 74.0 Å². The zero-order chi connectivity index (χ0) is 23.9. The molecule has 2 aliphatic rings. The Balaban J connectivity index is 0.00000133. The standard InChI is InChI=1S/C28H31N3O.C2H6/c1-19-11-13-21(14-12-19)18-26(32)31-28-25(17-20-7-3-2-4-8-20)29-27-23-10-6-5-9-22(23)15-16-24(27)30-28;1-2/h5-6,9-14,20H,2-4,7-8,15-18H2,1H3,(H,30,31,32);1-2H3. The zero-order valence-electron chi connectivity index (χ0n) is 20.9. The van der Waals surface area contributed by atoms with Crippen molar-refractivity contribution in [2.75, 3.05) is 5.32 Å². The van der Waals surface area contributed by atoms with E-state index in [1.165, 1.54) is 48.8 Å². The smallest absolute Gasteiger partial charge is 0.229 e. The van der Waals surface area contributed by atoms with Crippen LogP contribution in [0.3, 0.4) is 0 Å². The van der Waals surface area contributed by atoms with Gasteiger partial charge in [-0.15, -0.1) is 0 Å². The molecule has 0 unspecified atom stereocenters. The third-order valence-corrected chi connectivity index (χ3v) is 6.89. The first-order valence-electron chi connectivity index (χ1n) is 13.0. The highest BCUT2D eigenvalue weighted by Gasteiger charge is 2.24. The number of benzene rings is 2. The fourth-order valence-electron chi connectivity index (χ4n) is 5.09. The molecule has 0 bridgehead atoms. The number of fused-ring (bicyclic) bond motifs is 3. The molecule has 0 spiro atoms. The quantitative estimate of drug-likeness (QED) is 0.456. The zero-order valence-corrected chi connectivity index (χ0v) is 20.9. The van der Waals surface area contributed by atoms with Gasteiger partial charge in [0.05, 0.1) is 23.5 Å². The molecule has 0 saturated heterocycles. The van der Waals surface area contributed by atoms with E-state index in [9.17, 15) is 4.79 Å². The number of hydrogen-bond acceptors (Lipinski definition) is 3. The van der Waals surface area contributed by atoms with Crippen LogP contribution in [0.4, 0.5) is 5.82 Å². The van der Waals surface area contributed by atoms with Crippen LogP contribution in [0.2, 0.25) is 0 Å². The highest BCUT2D eigenvalue weighted by molar-refractivity contribution is 5.92. The molecule has 1 aromatic heterocycles. The lowest BCUT2D eigenvalue weighted by atomic mass is 9.85. The van der Waals surface area contributed by atoms with Gasteiger partial charge in [0.2, 0.25) is 5.91 Å². The number of nitrogens with one attached hydrogen (secondary N) is 1. The topological polar surface area (TPSA) is 54.9 Å². The number of anilines is 1. The summed E-state index contributed by atoms with van der Waals surface area (Å²) in [7, 11) is 0. The second-order valence-corrected chi connectivity index (χ2v) is 9.39. The summed E-state index contributed by atoms with van der Waals surface area (Å²) in [5.74, 6) is 1.28. The van der Waals surface area contributed by atoms with Gasteiger partial charge in [-0.1, -0.05) is 100 Å². The molecule has 1 N–H and O–H groups in total. The molecule has 4 nitrogen and oxygen atoms in total. The van der Waals surface area contributed by atoms with Gasteiger partial charge in [-0.05, 0) is 43.2 Å². The largest absolute Gasteiger partial charge is 0.309 e. The van der Waals surface area contributed by atoms with Crippen LogP contribution in [0.15, 0.2) is 48.5 Å². The number of amides is 1. The van der Waals surface area contributed by atoms with E-state index in [1.807, 2.05) is 38.1 Å². The van der Waals surface area contributed by atoms with Crippen molar-refractivity contribution >= 4 is 11.7 Å². The predicted octanol–water partition coefficient (Wildman–Crippen LogP) is 6.88. The van der Waals surface area contributed by atoms with E-state index < -0.39 is 0 Å². The van der Waals surface area contributed by atoms with E-state index in [0.717, 1.165) is 41.9 Å². The summed E-state index contributed by atoms with van der Waals surface area (Å²) in [5.41, 5.74) is 7.71. The number of hydrogen-bond donors (Lipinski definition) is 1. The number of carbonyl (C=O) groups is 1. The van der Waals surface area contributed by atoms with E-state index >= 15 is 0 Å². The third-order valence-electron chi connectivity index (χ3n) is 6.89. The normalized spacial score (nSPS) is 14.9. The molecule has 1 amide bonds. The van der Waals surface area contributed by atoms with E-state index in [1.54, 1.807) is 0 Å². The molecule has 0 aliphatic heterocycles. The van der Waals surface area contributed by atoms with Gasteiger partial charge in [0, 0.05) is 5.56 Å². The Kier molecular flexibility index (Phi) is 8.10. The van der Waals surface area contributed by atoms with Gasteiger partial charge in [0.25, 0.3) is 0 Å². The highest BCUT2D eigenvalue weighted by atomic mass is 16.1. The van der Waals surface area contributed by atoms with Crippen molar-refractivity contribution < 1.29 is 4.79 Å². The summed E-state index contributed by atoms with van der Waals surface area (Å²) in [6.07, 6.45) is 9.48.